The summed E-state index contributed by atoms with van der Waals surface area (Å²) >= 11 is 0. The summed E-state index contributed by atoms with van der Waals surface area (Å²) in [6.45, 7) is 4.01. The first-order valence-corrected chi connectivity index (χ1v) is 11.6. The monoisotopic (exact) mass is 473 g/mol. The smallest absolute Gasteiger partial charge is 0.408 e. The first-order valence-electron chi connectivity index (χ1n) is 11.6. The summed E-state index contributed by atoms with van der Waals surface area (Å²) in [5, 5.41) is 8.42. The molecule has 0 aliphatic rings. The van der Waals surface area contributed by atoms with E-state index in [9.17, 15) is 14.4 Å². The Bertz CT molecular complexity index is 1120. The Labute approximate surface area is 205 Å². The van der Waals surface area contributed by atoms with Crippen molar-refractivity contribution in [2.24, 2.45) is 5.92 Å². The van der Waals surface area contributed by atoms with Gasteiger partial charge in [0.15, 0.2) is 0 Å². The van der Waals surface area contributed by atoms with Gasteiger partial charge >= 0.3 is 6.09 Å². The van der Waals surface area contributed by atoms with Gasteiger partial charge < -0.3 is 20.7 Å². The lowest BCUT2D eigenvalue weighted by Crippen LogP contribution is -2.48. The molecular formula is C28H31N3O4. The fourth-order valence-electron chi connectivity index (χ4n) is 3.32. The first-order chi connectivity index (χ1) is 16.9. The number of ether oxygens (including phenoxy) is 1. The average molecular weight is 474 g/mol. The number of nitrogens with one attached hydrogen (secondary N) is 3. The van der Waals surface area contributed by atoms with Crippen molar-refractivity contribution in [2.75, 3.05) is 5.32 Å². The van der Waals surface area contributed by atoms with Crippen molar-refractivity contribution in [3.63, 3.8) is 0 Å². The summed E-state index contributed by atoms with van der Waals surface area (Å²) in [5.74, 6) is -0.542. The summed E-state index contributed by atoms with van der Waals surface area (Å²) in [7, 11) is 0. The number of anilines is 1. The highest BCUT2D eigenvalue weighted by Gasteiger charge is 2.22. The summed E-state index contributed by atoms with van der Waals surface area (Å²) in [4.78, 5) is 37.4. The average Bonchev–Trinajstić information content (AvgIpc) is 2.87. The number of benzene rings is 3. The number of carbonyl (C=O) groups excluding carboxylic acids is 3. The molecule has 3 aromatic carbocycles. The fourth-order valence-corrected chi connectivity index (χ4v) is 3.32. The first kappa shape index (κ1) is 25.5. The van der Waals surface area contributed by atoms with Crippen molar-refractivity contribution in [1.82, 2.24) is 10.6 Å². The molecule has 0 unspecified atom stereocenters. The zero-order valence-electron chi connectivity index (χ0n) is 20.0. The third kappa shape index (κ3) is 8.62. The van der Waals surface area contributed by atoms with Gasteiger partial charge in [0.2, 0.25) is 11.8 Å². The van der Waals surface area contributed by atoms with Crippen LogP contribution >= 0.6 is 0 Å². The van der Waals surface area contributed by atoms with Gasteiger partial charge in [-0.15, -0.1) is 0 Å². The quantitative estimate of drug-likeness (QED) is 0.406. The SMILES string of the molecule is CC(C)C(=O)Nc1cccc(CNC(=O)[C@@H](Cc2ccccc2)NC(=O)OCc2ccccc2)c1. The number of alkyl carbamates (subject to hydrolysis) is 1. The lowest BCUT2D eigenvalue weighted by molar-refractivity contribution is -0.123. The Morgan fingerprint density at radius 1 is 0.771 bits per heavy atom. The van der Waals surface area contributed by atoms with Crippen LogP contribution in [0.1, 0.15) is 30.5 Å². The minimum absolute atomic E-state index is 0.0766. The van der Waals surface area contributed by atoms with E-state index in [1.54, 1.807) is 6.07 Å². The molecule has 0 radical (unpaired) electrons. The highest BCUT2D eigenvalue weighted by Crippen LogP contribution is 2.12. The number of carbonyl (C=O) groups is 3. The van der Waals surface area contributed by atoms with Crippen LogP contribution in [0.15, 0.2) is 84.9 Å². The molecular weight excluding hydrogens is 442 g/mol. The van der Waals surface area contributed by atoms with E-state index in [2.05, 4.69) is 16.0 Å². The van der Waals surface area contributed by atoms with E-state index >= 15 is 0 Å². The van der Waals surface area contributed by atoms with Crippen LogP contribution in [0.5, 0.6) is 0 Å². The van der Waals surface area contributed by atoms with Gasteiger partial charge in [-0.2, -0.15) is 0 Å². The molecule has 0 fully saturated rings. The third-order valence-corrected chi connectivity index (χ3v) is 5.29. The van der Waals surface area contributed by atoms with Crippen LogP contribution in [0, 0.1) is 5.92 Å². The predicted molar refractivity (Wildman–Crippen MR) is 135 cm³/mol. The van der Waals surface area contributed by atoms with Crippen molar-refractivity contribution in [2.45, 2.75) is 39.5 Å². The molecule has 1 atom stereocenters. The maximum Gasteiger partial charge on any atom is 0.408 e. The van der Waals surface area contributed by atoms with Gasteiger partial charge in [0, 0.05) is 24.6 Å². The summed E-state index contributed by atoms with van der Waals surface area (Å²) in [6, 6.07) is 25.3. The molecule has 0 aromatic heterocycles. The number of hydrogen-bond acceptors (Lipinski definition) is 4. The fraction of sp³-hybridized carbons (Fsp3) is 0.250. The second-order valence-corrected chi connectivity index (χ2v) is 8.51. The second kappa shape index (κ2) is 12.9. The normalized spacial score (nSPS) is 11.4. The van der Waals surface area contributed by atoms with Crippen LogP contribution < -0.4 is 16.0 Å². The Hall–Kier alpha value is -4.13. The lowest BCUT2D eigenvalue weighted by atomic mass is 10.1. The highest BCUT2D eigenvalue weighted by molar-refractivity contribution is 5.92. The minimum atomic E-state index is -0.815. The summed E-state index contributed by atoms with van der Waals surface area (Å²) in [5.41, 5.74) is 3.26. The Balaban J connectivity index is 1.61. The van der Waals surface area contributed by atoms with E-state index in [1.807, 2.05) is 92.7 Å². The molecule has 0 aliphatic carbocycles. The molecule has 3 amide bonds. The molecule has 182 valence electrons. The van der Waals surface area contributed by atoms with Gasteiger partial charge in [-0.1, -0.05) is 86.6 Å². The molecule has 3 rings (SSSR count). The molecule has 7 heteroatoms. The molecule has 3 aromatic rings. The van der Waals surface area contributed by atoms with Gasteiger partial charge in [0.25, 0.3) is 0 Å². The minimum Gasteiger partial charge on any atom is -0.445 e. The third-order valence-electron chi connectivity index (χ3n) is 5.29. The Morgan fingerprint density at radius 3 is 2.06 bits per heavy atom. The second-order valence-electron chi connectivity index (χ2n) is 8.51. The van der Waals surface area contributed by atoms with Gasteiger partial charge in [0.1, 0.15) is 12.6 Å². The van der Waals surface area contributed by atoms with E-state index in [-0.39, 0.29) is 30.9 Å². The maximum atomic E-state index is 13.0. The van der Waals surface area contributed by atoms with Crippen molar-refractivity contribution in [3.8, 4) is 0 Å². The Morgan fingerprint density at radius 2 is 1.40 bits per heavy atom. The van der Waals surface area contributed by atoms with E-state index in [0.29, 0.717) is 12.1 Å². The van der Waals surface area contributed by atoms with Gasteiger partial charge in [-0.3, -0.25) is 9.59 Å². The molecule has 0 saturated carbocycles. The van der Waals surface area contributed by atoms with E-state index in [1.165, 1.54) is 0 Å². The molecule has 0 spiro atoms. The molecule has 0 bridgehead atoms. The predicted octanol–water partition coefficient (Wildman–Crippen LogP) is 4.44. The van der Waals surface area contributed by atoms with Crippen LogP contribution in [0.4, 0.5) is 10.5 Å². The molecule has 7 nitrogen and oxygen atoms in total. The van der Waals surface area contributed by atoms with Crippen LogP contribution in [0.2, 0.25) is 0 Å². The van der Waals surface area contributed by atoms with E-state index in [0.717, 1.165) is 16.7 Å². The lowest BCUT2D eigenvalue weighted by Gasteiger charge is -2.19. The highest BCUT2D eigenvalue weighted by atomic mass is 16.5. The zero-order chi connectivity index (χ0) is 25.0. The van der Waals surface area contributed by atoms with Crippen molar-refractivity contribution < 1.29 is 19.1 Å². The van der Waals surface area contributed by atoms with E-state index < -0.39 is 12.1 Å². The number of amides is 3. The van der Waals surface area contributed by atoms with Crippen LogP contribution in [0.25, 0.3) is 0 Å². The standard InChI is InChI=1S/C28H31N3O4/c1-20(2)26(32)30-24-15-9-14-23(16-24)18-29-27(33)25(17-21-10-5-3-6-11-21)31-28(34)35-19-22-12-7-4-8-13-22/h3-16,20,25H,17-19H2,1-2H3,(H,29,33)(H,30,32)(H,31,34)/t25-/m1/s1. The largest absolute Gasteiger partial charge is 0.445 e. The Kier molecular flexibility index (Phi) is 9.42. The maximum absolute atomic E-state index is 13.0. The van der Waals surface area contributed by atoms with Crippen molar-refractivity contribution in [1.29, 1.82) is 0 Å². The van der Waals surface area contributed by atoms with Crippen molar-refractivity contribution in [3.05, 3.63) is 102 Å². The zero-order valence-corrected chi connectivity index (χ0v) is 20.0. The van der Waals surface area contributed by atoms with Crippen LogP contribution in [-0.2, 0) is 33.9 Å². The van der Waals surface area contributed by atoms with Crippen LogP contribution in [-0.4, -0.2) is 23.9 Å². The molecule has 0 aliphatic heterocycles. The van der Waals surface area contributed by atoms with E-state index in [4.69, 9.17) is 4.74 Å². The molecule has 0 heterocycles. The molecule has 35 heavy (non-hydrogen) atoms. The van der Waals surface area contributed by atoms with Gasteiger partial charge in [-0.05, 0) is 28.8 Å². The summed E-state index contributed by atoms with van der Waals surface area (Å²) in [6.07, 6.45) is -0.347. The van der Waals surface area contributed by atoms with Gasteiger partial charge in [0.05, 0.1) is 0 Å². The topological polar surface area (TPSA) is 96.5 Å². The van der Waals surface area contributed by atoms with Crippen LogP contribution in [0.3, 0.4) is 0 Å². The van der Waals surface area contributed by atoms with Crippen molar-refractivity contribution >= 4 is 23.6 Å². The van der Waals surface area contributed by atoms with Gasteiger partial charge in [-0.25, -0.2) is 4.79 Å². The summed E-state index contributed by atoms with van der Waals surface area (Å²) < 4.78 is 5.31. The number of hydrogen-bond donors (Lipinski definition) is 3. The number of rotatable bonds is 10. The molecule has 0 saturated heterocycles. The molecule has 3 N–H and O–H groups in total.